The number of nitrogens with zero attached hydrogens (tertiary/aromatic N) is 1. The number of nitrogen functional groups attached to an aromatic ring is 1. The van der Waals surface area contributed by atoms with Crippen molar-refractivity contribution in [3.8, 4) is 11.1 Å². The molecule has 6 nitrogen and oxygen atoms in total. The van der Waals surface area contributed by atoms with Crippen LogP contribution >= 0.6 is 0 Å². The minimum Gasteiger partial charge on any atom is -0.398 e. The average molecular weight is 330 g/mol. The van der Waals surface area contributed by atoms with E-state index in [-0.39, 0.29) is 5.91 Å². The summed E-state index contributed by atoms with van der Waals surface area (Å²) < 4.78 is 5.24. The first-order chi connectivity index (χ1) is 11.5. The molecule has 0 aliphatic carbocycles. The predicted molar refractivity (Wildman–Crippen MR) is 96.9 cm³/mol. The SMILES string of the molecule is COCc1[nH]cc(C(=O)NCCCN(C)C)c1-c1ccccc1N. The molecule has 1 aromatic heterocycles. The van der Waals surface area contributed by atoms with Crippen molar-refractivity contribution in [1.82, 2.24) is 15.2 Å². The van der Waals surface area contributed by atoms with Crippen LogP contribution in [0.5, 0.6) is 0 Å². The van der Waals surface area contributed by atoms with E-state index in [9.17, 15) is 4.79 Å². The van der Waals surface area contributed by atoms with E-state index in [4.69, 9.17) is 10.5 Å². The largest absolute Gasteiger partial charge is 0.398 e. The van der Waals surface area contributed by atoms with Gasteiger partial charge in [0, 0.05) is 42.4 Å². The van der Waals surface area contributed by atoms with Gasteiger partial charge in [-0.05, 0) is 33.1 Å². The fraction of sp³-hybridized carbons (Fsp3) is 0.389. The summed E-state index contributed by atoms with van der Waals surface area (Å²) >= 11 is 0. The van der Waals surface area contributed by atoms with Crippen molar-refractivity contribution in [3.63, 3.8) is 0 Å². The molecule has 0 fully saturated rings. The number of H-pyrrole nitrogens is 1. The van der Waals surface area contributed by atoms with E-state index in [1.807, 2.05) is 38.4 Å². The number of hydrogen-bond acceptors (Lipinski definition) is 4. The van der Waals surface area contributed by atoms with Crippen LogP contribution < -0.4 is 11.1 Å². The number of benzene rings is 1. The molecule has 0 bridgehead atoms. The van der Waals surface area contributed by atoms with Crippen molar-refractivity contribution in [1.29, 1.82) is 0 Å². The molecule has 0 unspecified atom stereocenters. The van der Waals surface area contributed by atoms with Crippen LogP contribution in [0.3, 0.4) is 0 Å². The maximum atomic E-state index is 12.6. The number of hydrogen-bond donors (Lipinski definition) is 3. The number of carbonyl (C=O) groups excluding carboxylic acids is 1. The van der Waals surface area contributed by atoms with E-state index in [0.29, 0.717) is 24.4 Å². The molecule has 4 N–H and O–H groups in total. The highest BCUT2D eigenvalue weighted by molar-refractivity contribution is 6.03. The van der Waals surface area contributed by atoms with Crippen molar-refractivity contribution in [3.05, 3.63) is 41.7 Å². The van der Waals surface area contributed by atoms with Gasteiger partial charge in [0.15, 0.2) is 0 Å². The number of para-hydroxylation sites is 1. The number of anilines is 1. The van der Waals surface area contributed by atoms with E-state index >= 15 is 0 Å². The van der Waals surface area contributed by atoms with Crippen LogP contribution in [-0.4, -0.2) is 50.1 Å². The zero-order valence-corrected chi connectivity index (χ0v) is 14.6. The van der Waals surface area contributed by atoms with Crippen LogP contribution in [0.1, 0.15) is 22.5 Å². The average Bonchev–Trinajstić information content (AvgIpc) is 2.96. The van der Waals surface area contributed by atoms with Gasteiger partial charge in [0.25, 0.3) is 5.91 Å². The van der Waals surface area contributed by atoms with Gasteiger partial charge >= 0.3 is 0 Å². The van der Waals surface area contributed by atoms with Crippen molar-refractivity contribution in [2.24, 2.45) is 0 Å². The Hall–Kier alpha value is -2.31. The highest BCUT2D eigenvalue weighted by Crippen LogP contribution is 2.32. The zero-order chi connectivity index (χ0) is 17.5. The van der Waals surface area contributed by atoms with Gasteiger partial charge in [-0.1, -0.05) is 18.2 Å². The monoisotopic (exact) mass is 330 g/mol. The van der Waals surface area contributed by atoms with E-state index in [2.05, 4.69) is 15.2 Å². The second-order valence-electron chi connectivity index (χ2n) is 5.99. The van der Waals surface area contributed by atoms with Gasteiger partial charge in [-0.3, -0.25) is 4.79 Å². The van der Waals surface area contributed by atoms with Crippen LogP contribution in [0, 0.1) is 0 Å². The standard InChI is InChI=1S/C18H26N4O2/c1-22(2)10-6-9-20-18(23)14-11-21-16(12-24-3)17(14)13-7-4-5-8-15(13)19/h4-5,7-8,11,21H,6,9-10,12,19H2,1-3H3,(H,20,23). The van der Waals surface area contributed by atoms with E-state index in [1.165, 1.54) is 0 Å². The molecule has 0 saturated heterocycles. The number of aromatic amines is 1. The third kappa shape index (κ3) is 4.37. The molecule has 6 heteroatoms. The van der Waals surface area contributed by atoms with E-state index in [1.54, 1.807) is 13.3 Å². The molecule has 24 heavy (non-hydrogen) atoms. The number of nitrogens with one attached hydrogen (secondary N) is 2. The highest BCUT2D eigenvalue weighted by atomic mass is 16.5. The molecule has 0 spiro atoms. The van der Waals surface area contributed by atoms with Gasteiger partial charge in [0.2, 0.25) is 0 Å². The molecule has 2 aromatic rings. The van der Waals surface area contributed by atoms with E-state index < -0.39 is 0 Å². The Labute approximate surface area is 143 Å². The smallest absolute Gasteiger partial charge is 0.253 e. The fourth-order valence-electron chi connectivity index (χ4n) is 2.63. The number of aromatic nitrogens is 1. The van der Waals surface area contributed by atoms with Crippen LogP contribution in [0.25, 0.3) is 11.1 Å². The van der Waals surface area contributed by atoms with Crippen molar-refractivity contribution < 1.29 is 9.53 Å². The minimum atomic E-state index is -0.106. The molecule has 0 saturated carbocycles. The van der Waals surface area contributed by atoms with Crippen LogP contribution in [-0.2, 0) is 11.3 Å². The number of methoxy groups -OCH3 is 1. The van der Waals surface area contributed by atoms with E-state index in [0.717, 1.165) is 29.8 Å². The predicted octanol–water partition coefficient (Wildman–Crippen LogP) is 2.09. The number of carbonyl (C=O) groups is 1. The lowest BCUT2D eigenvalue weighted by atomic mass is 9.99. The second kappa shape index (κ2) is 8.52. The first-order valence-corrected chi connectivity index (χ1v) is 8.01. The van der Waals surface area contributed by atoms with Gasteiger partial charge in [-0.25, -0.2) is 0 Å². The summed E-state index contributed by atoms with van der Waals surface area (Å²) in [6.07, 6.45) is 2.62. The first kappa shape index (κ1) is 18.0. The Bertz CT molecular complexity index is 679. The number of ether oxygens (including phenoxy) is 1. The Morgan fingerprint density at radius 1 is 1.33 bits per heavy atom. The maximum absolute atomic E-state index is 12.6. The summed E-state index contributed by atoms with van der Waals surface area (Å²) in [7, 11) is 5.66. The lowest BCUT2D eigenvalue weighted by Gasteiger charge is -2.12. The molecular weight excluding hydrogens is 304 g/mol. The summed E-state index contributed by atoms with van der Waals surface area (Å²) in [5, 5.41) is 2.97. The van der Waals surface area contributed by atoms with Crippen LogP contribution in [0.15, 0.2) is 30.5 Å². The maximum Gasteiger partial charge on any atom is 0.253 e. The number of rotatable bonds is 8. The number of nitrogens with two attached hydrogens (primary N) is 1. The molecule has 1 amide bonds. The molecule has 130 valence electrons. The Morgan fingerprint density at radius 3 is 2.75 bits per heavy atom. The molecule has 1 heterocycles. The topological polar surface area (TPSA) is 83.4 Å². The molecule has 0 radical (unpaired) electrons. The lowest BCUT2D eigenvalue weighted by Crippen LogP contribution is -2.27. The summed E-state index contributed by atoms with van der Waals surface area (Å²) in [5.74, 6) is -0.106. The van der Waals surface area contributed by atoms with Crippen molar-refractivity contribution >= 4 is 11.6 Å². The quantitative estimate of drug-likeness (QED) is 0.511. The minimum absolute atomic E-state index is 0.106. The lowest BCUT2D eigenvalue weighted by molar-refractivity contribution is 0.0953. The Kier molecular flexibility index (Phi) is 6.40. The van der Waals surface area contributed by atoms with Gasteiger partial charge in [0.1, 0.15) is 0 Å². The fourth-order valence-corrected chi connectivity index (χ4v) is 2.63. The highest BCUT2D eigenvalue weighted by Gasteiger charge is 2.20. The van der Waals surface area contributed by atoms with Crippen LogP contribution in [0.4, 0.5) is 5.69 Å². The van der Waals surface area contributed by atoms with Gasteiger partial charge in [-0.2, -0.15) is 0 Å². The first-order valence-electron chi connectivity index (χ1n) is 8.01. The summed E-state index contributed by atoms with van der Waals surface area (Å²) in [6, 6.07) is 7.54. The molecule has 0 aliphatic heterocycles. The summed E-state index contributed by atoms with van der Waals surface area (Å²) in [6.45, 7) is 1.95. The molecular formula is C18H26N4O2. The van der Waals surface area contributed by atoms with Crippen LogP contribution in [0.2, 0.25) is 0 Å². The van der Waals surface area contributed by atoms with Gasteiger partial charge < -0.3 is 25.7 Å². The third-order valence-corrected chi connectivity index (χ3v) is 3.79. The third-order valence-electron chi connectivity index (χ3n) is 3.79. The van der Waals surface area contributed by atoms with Gasteiger partial charge in [-0.15, -0.1) is 0 Å². The normalized spacial score (nSPS) is 11.0. The Morgan fingerprint density at radius 2 is 2.08 bits per heavy atom. The Balaban J connectivity index is 2.24. The molecule has 0 atom stereocenters. The summed E-state index contributed by atoms with van der Waals surface area (Å²) in [5.41, 5.74) is 9.82. The number of amides is 1. The second-order valence-corrected chi connectivity index (χ2v) is 5.99. The van der Waals surface area contributed by atoms with Crippen molar-refractivity contribution in [2.75, 3.05) is 40.0 Å². The van der Waals surface area contributed by atoms with Crippen molar-refractivity contribution in [2.45, 2.75) is 13.0 Å². The molecule has 0 aliphatic rings. The van der Waals surface area contributed by atoms with Gasteiger partial charge in [0.05, 0.1) is 12.2 Å². The molecule has 2 rings (SSSR count). The molecule has 1 aromatic carbocycles. The summed E-state index contributed by atoms with van der Waals surface area (Å²) in [4.78, 5) is 17.8. The zero-order valence-electron chi connectivity index (χ0n) is 14.6.